The summed E-state index contributed by atoms with van der Waals surface area (Å²) in [4.78, 5) is 0. The largest absolute Gasteiger partial charge is 0.419 e. The summed E-state index contributed by atoms with van der Waals surface area (Å²) in [5.41, 5.74) is 4.96. The second-order valence-electron chi connectivity index (χ2n) is 4.87. The molecule has 1 rings (SSSR count). The molecule has 1 aromatic rings. The van der Waals surface area contributed by atoms with Crippen LogP contribution in [0.5, 0.6) is 0 Å². The van der Waals surface area contributed by atoms with Gasteiger partial charge in [-0.2, -0.15) is 13.2 Å². The molecular weight excluding hydrogens is 246 g/mol. The first-order valence-corrected chi connectivity index (χ1v) is 5.76. The molecule has 1 nitrogen and oxygen atoms in total. The van der Waals surface area contributed by atoms with Crippen LogP contribution in [-0.2, 0) is 6.18 Å². The topological polar surface area (TPSA) is 26.0 Å². The fourth-order valence-corrected chi connectivity index (χ4v) is 1.69. The van der Waals surface area contributed by atoms with Crippen molar-refractivity contribution in [2.24, 2.45) is 17.6 Å². The Morgan fingerprint density at radius 3 is 2.11 bits per heavy atom. The van der Waals surface area contributed by atoms with E-state index in [1.54, 1.807) is 0 Å². The van der Waals surface area contributed by atoms with Gasteiger partial charge in [-0.15, -0.1) is 0 Å². The average molecular weight is 263 g/mol. The molecule has 0 aromatic heterocycles. The number of halogens is 4. The molecule has 0 saturated carbocycles. The molecule has 0 amide bonds. The Balaban J connectivity index is 3.13. The maximum absolute atomic E-state index is 13.1. The fraction of sp³-hybridized carbons (Fsp3) is 0.538. The second kappa shape index (κ2) is 5.26. The summed E-state index contributed by atoms with van der Waals surface area (Å²) in [6, 6.07) is 2.41. The van der Waals surface area contributed by atoms with Gasteiger partial charge < -0.3 is 5.73 Å². The highest BCUT2D eigenvalue weighted by molar-refractivity contribution is 5.29. The first-order valence-electron chi connectivity index (χ1n) is 5.76. The third kappa shape index (κ3) is 3.22. The van der Waals surface area contributed by atoms with E-state index in [4.69, 9.17) is 5.73 Å². The van der Waals surface area contributed by atoms with Gasteiger partial charge in [0.05, 0.1) is 5.56 Å². The highest BCUT2D eigenvalue weighted by Crippen LogP contribution is 2.34. The third-order valence-electron chi connectivity index (χ3n) is 3.30. The molecule has 5 heteroatoms. The van der Waals surface area contributed by atoms with Crippen LogP contribution in [0.1, 0.15) is 37.9 Å². The number of alkyl halides is 3. The van der Waals surface area contributed by atoms with Crippen LogP contribution < -0.4 is 5.73 Å². The first kappa shape index (κ1) is 15.0. The van der Waals surface area contributed by atoms with Gasteiger partial charge in [-0.3, -0.25) is 0 Å². The van der Waals surface area contributed by atoms with Crippen molar-refractivity contribution < 1.29 is 17.6 Å². The molecule has 0 bridgehead atoms. The van der Waals surface area contributed by atoms with Crippen molar-refractivity contribution in [1.29, 1.82) is 0 Å². The minimum Gasteiger partial charge on any atom is -0.324 e. The van der Waals surface area contributed by atoms with E-state index in [2.05, 4.69) is 0 Å². The molecular formula is C13H17F4N. The molecule has 0 aliphatic rings. The molecule has 2 N–H and O–H groups in total. The molecule has 18 heavy (non-hydrogen) atoms. The van der Waals surface area contributed by atoms with Crippen LogP contribution in [0.3, 0.4) is 0 Å². The van der Waals surface area contributed by atoms with Crippen LogP contribution in [0.4, 0.5) is 17.6 Å². The summed E-state index contributed by atoms with van der Waals surface area (Å²) >= 11 is 0. The van der Waals surface area contributed by atoms with Crippen molar-refractivity contribution >= 4 is 0 Å². The van der Waals surface area contributed by atoms with Gasteiger partial charge in [-0.05, 0) is 29.5 Å². The van der Waals surface area contributed by atoms with Crippen LogP contribution in [0, 0.1) is 17.7 Å². The van der Waals surface area contributed by atoms with Crippen molar-refractivity contribution in [1.82, 2.24) is 0 Å². The monoisotopic (exact) mass is 263 g/mol. The minimum absolute atomic E-state index is 0.0107. The maximum Gasteiger partial charge on any atom is 0.419 e. The smallest absolute Gasteiger partial charge is 0.324 e. The minimum atomic E-state index is -4.69. The summed E-state index contributed by atoms with van der Waals surface area (Å²) in [7, 11) is 0. The Bertz CT molecular complexity index is 412. The third-order valence-corrected chi connectivity index (χ3v) is 3.30. The Labute approximate surface area is 104 Å². The lowest BCUT2D eigenvalue weighted by Gasteiger charge is -2.24. The van der Waals surface area contributed by atoms with E-state index in [0.29, 0.717) is 5.56 Å². The molecule has 1 aromatic carbocycles. The van der Waals surface area contributed by atoms with Gasteiger partial charge >= 0.3 is 6.18 Å². The Morgan fingerprint density at radius 1 is 1.11 bits per heavy atom. The molecule has 2 atom stereocenters. The SMILES string of the molecule is CC(C)C(C)C(N)c1ccc(F)c(C(F)(F)F)c1. The van der Waals surface area contributed by atoms with E-state index in [0.717, 1.165) is 12.1 Å². The van der Waals surface area contributed by atoms with Crippen molar-refractivity contribution in [3.63, 3.8) is 0 Å². The summed E-state index contributed by atoms with van der Waals surface area (Å²) < 4.78 is 50.8. The van der Waals surface area contributed by atoms with Crippen LogP contribution in [-0.4, -0.2) is 0 Å². The van der Waals surface area contributed by atoms with Crippen molar-refractivity contribution in [2.45, 2.75) is 33.0 Å². The van der Waals surface area contributed by atoms with Crippen molar-refractivity contribution in [3.8, 4) is 0 Å². The van der Waals surface area contributed by atoms with Gasteiger partial charge in [0.25, 0.3) is 0 Å². The number of rotatable bonds is 3. The van der Waals surface area contributed by atoms with Crippen LogP contribution in [0.2, 0.25) is 0 Å². The summed E-state index contributed by atoms with van der Waals surface area (Å²) in [6.45, 7) is 5.75. The van der Waals surface area contributed by atoms with Crippen molar-refractivity contribution in [3.05, 3.63) is 35.1 Å². The Hall–Kier alpha value is -1.10. The van der Waals surface area contributed by atoms with Gasteiger partial charge in [0.1, 0.15) is 5.82 Å². The number of hydrogen-bond acceptors (Lipinski definition) is 1. The average Bonchev–Trinajstić information content (AvgIpc) is 2.26. The molecule has 0 saturated heterocycles. The maximum atomic E-state index is 13.1. The zero-order chi connectivity index (χ0) is 14.1. The molecule has 0 heterocycles. The van der Waals surface area contributed by atoms with Gasteiger partial charge in [0.15, 0.2) is 0 Å². The summed E-state index contributed by atoms with van der Waals surface area (Å²) in [6.07, 6.45) is -4.69. The normalized spacial score (nSPS) is 15.8. The standard InChI is InChI=1S/C13H17F4N/c1-7(2)8(3)12(18)9-4-5-11(14)10(6-9)13(15,16)17/h4-8,12H,18H2,1-3H3. The van der Waals surface area contributed by atoms with E-state index < -0.39 is 23.6 Å². The first-order chi connectivity index (χ1) is 8.14. The van der Waals surface area contributed by atoms with Gasteiger partial charge in [-0.25, -0.2) is 4.39 Å². The lowest BCUT2D eigenvalue weighted by atomic mass is 9.86. The summed E-state index contributed by atoms with van der Waals surface area (Å²) in [5, 5.41) is 0. The predicted molar refractivity (Wildman–Crippen MR) is 62.3 cm³/mol. The van der Waals surface area contributed by atoms with Crippen LogP contribution >= 0.6 is 0 Å². The molecule has 0 aliphatic carbocycles. The number of hydrogen-bond donors (Lipinski definition) is 1. The lowest BCUT2D eigenvalue weighted by Crippen LogP contribution is -2.23. The van der Waals surface area contributed by atoms with E-state index in [-0.39, 0.29) is 11.8 Å². The second-order valence-corrected chi connectivity index (χ2v) is 4.87. The predicted octanol–water partition coefficient (Wildman–Crippen LogP) is 4.14. The molecule has 0 radical (unpaired) electrons. The number of benzene rings is 1. The molecule has 2 unspecified atom stereocenters. The van der Waals surface area contributed by atoms with Gasteiger partial charge in [0, 0.05) is 6.04 Å². The van der Waals surface area contributed by atoms with Crippen molar-refractivity contribution in [2.75, 3.05) is 0 Å². The van der Waals surface area contributed by atoms with Gasteiger partial charge in [0.2, 0.25) is 0 Å². The van der Waals surface area contributed by atoms with Crippen LogP contribution in [0.25, 0.3) is 0 Å². The van der Waals surface area contributed by atoms with E-state index in [9.17, 15) is 17.6 Å². The quantitative estimate of drug-likeness (QED) is 0.815. The molecule has 0 fully saturated rings. The molecule has 102 valence electrons. The fourth-order valence-electron chi connectivity index (χ4n) is 1.69. The lowest BCUT2D eigenvalue weighted by molar-refractivity contribution is -0.140. The van der Waals surface area contributed by atoms with Gasteiger partial charge in [-0.1, -0.05) is 26.8 Å². The molecule has 0 spiro atoms. The Morgan fingerprint density at radius 2 is 1.67 bits per heavy atom. The Kier molecular flexibility index (Phi) is 4.37. The summed E-state index contributed by atoms with van der Waals surface area (Å²) in [5.74, 6) is -1.02. The zero-order valence-electron chi connectivity index (χ0n) is 10.6. The van der Waals surface area contributed by atoms with E-state index in [1.807, 2.05) is 20.8 Å². The zero-order valence-corrected chi connectivity index (χ0v) is 10.6. The number of nitrogens with two attached hydrogens (primary N) is 1. The highest BCUT2D eigenvalue weighted by atomic mass is 19.4. The highest BCUT2D eigenvalue weighted by Gasteiger charge is 2.34. The molecule has 0 aliphatic heterocycles. The van der Waals surface area contributed by atoms with E-state index in [1.165, 1.54) is 6.07 Å². The van der Waals surface area contributed by atoms with E-state index >= 15 is 0 Å². The van der Waals surface area contributed by atoms with Crippen LogP contribution in [0.15, 0.2) is 18.2 Å².